The van der Waals surface area contributed by atoms with Crippen LogP contribution >= 0.6 is 0 Å². The van der Waals surface area contributed by atoms with Crippen LogP contribution in [-0.4, -0.2) is 53.4 Å². The number of rotatable bonds is 6. The van der Waals surface area contributed by atoms with E-state index in [9.17, 15) is 4.79 Å². The molecule has 2 heterocycles. The van der Waals surface area contributed by atoms with Gasteiger partial charge in [-0.15, -0.1) is 0 Å². The number of amides is 1. The summed E-state index contributed by atoms with van der Waals surface area (Å²) in [7, 11) is 0. The molecule has 7 heteroatoms. The lowest BCUT2D eigenvalue weighted by atomic mass is 10.2. The number of carbonyl (C=O) groups is 1. The van der Waals surface area contributed by atoms with Gasteiger partial charge in [0.2, 0.25) is 5.89 Å². The zero-order chi connectivity index (χ0) is 15.2. The van der Waals surface area contributed by atoms with E-state index in [0.717, 1.165) is 31.8 Å². The van der Waals surface area contributed by atoms with Gasteiger partial charge in [0.25, 0.3) is 0 Å². The van der Waals surface area contributed by atoms with Crippen molar-refractivity contribution in [3.63, 3.8) is 0 Å². The van der Waals surface area contributed by atoms with Crippen LogP contribution in [0.4, 0.5) is 4.79 Å². The van der Waals surface area contributed by atoms with Crippen LogP contribution in [0.3, 0.4) is 0 Å². The Morgan fingerprint density at radius 3 is 3.05 bits per heavy atom. The average molecular weight is 296 g/mol. The van der Waals surface area contributed by atoms with Crippen LogP contribution in [0.5, 0.6) is 0 Å². The van der Waals surface area contributed by atoms with Gasteiger partial charge in [0.1, 0.15) is 0 Å². The lowest BCUT2D eigenvalue weighted by Gasteiger charge is -2.16. The van der Waals surface area contributed by atoms with E-state index in [1.54, 1.807) is 4.90 Å². The number of hydrogen-bond acceptors (Lipinski definition) is 6. The molecule has 2 rings (SSSR count). The van der Waals surface area contributed by atoms with E-state index < -0.39 is 0 Å². The van der Waals surface area contributed by atoms with E-state index in [-0.39, 0.29) is 12.0 Å². The topological polar surface area (TPSA) is 80.5 Å². The summed E-state index contributed by atoms with van der Waals surface area (Å²) in [5, 5.41) is 7.38. The quantitative estimate of drug-likeness (QED) is 0.858. The Morgan fingerprint density at radius 1 is 1.57 bits per heavy atom. The summed E-state index contributed by atoms with van der Waals surface area (Å²) >= 11 is 0. The molecule has 1 N–H and O–H groups in total. The molecule has 1 saturated heterocycles. The van der Waals surface area contributed by atoms with Crippen molar-refractivity contribution in [2.24, 2.45) is 0 Å². The first-order chi connectivity index (χ1) is 10.1. The van der Waals surface area contributed by atoms with Crippen molar-refractivity contribution in [1.29, 1.82) is 0 Å². The molecule has 0 saturated carbocycles. The van der Waals surface area contributed by atoms with Crippen LogP contribution in [0, 0.1) is 0 Å². The fourth-order valence-electron chi connectivity index (χ4n) is 2.30. The van der Waals surface area contributed by atoms with Crippen LogP contribution < -0.4 is 5.32 Å². The van der Waals surface area contributed by atoms with Gasteiger partial charge in [-0.05, 0) is 13.3 Å². The Bertz CT molecular complexity index is 461. The predicted octanol–water partition coefficient (Wildman–Crippen LogP) is 1.56. The zero-order valence-electron chi connectivity index (χ0n) is 13.0. The zero-order valence-corrected chi connectivity index (χ0v) is 13.0. The smallest absolute Gasteiger partial charge is 0.409 e. The number of carbonyl (C=O) groups excluding carboxylic acids is 1. The van der Waals surface area contributed by atoms with E-state index in [1.165, 1.54) is 0 Å². The lowest BCUT2D eigenvalue weighted by Crippen LogP contribution is -2.36. The van der Waals surface area contributed by atoms with E-state index >= 15 is 0 Å². The highest BCUT2D eigenvalue weighted by Crippen LogP contribution is 2.12. The number of hydrogen-bond donors (Lipinski definition) is 1. The first kappa shape index (κ1) is 15.8. The molecule has 1 atom stereocenters. The monoisotopic (exact) mass is 296 g/mol. The molecule has 0 radical (unpaired) electrons. The average Bonchev–Trinajstić information content (AvgIpc) is 3.08. The van der Waals surface area contributed by atoms with Crippen molar-refractivity contribution in [3.8, 4) is 0 Å². The molecule has 0 aromatic carbocycles. The van der Waals surface area contributed by atoms with Gasteiger partial charge in [-0.25, -0.2) is 4.79 Å². The Morgan fingerprint density at radius 2 is 2.38 bits per heavy atom. The summed E-state index contributed by atoms with van der Waals surface area (Å²) in [6, 6.07) is 0.311. The molecule has 1 aromatic rings. The number of aromatic nitrogens is 2. The van der Waals surface area contributed by atoms with Crippen LogP contribution in [-0.2, 0) is 11.2 Å². The first-order valence-electron chi connectivity index (χ1n) is 7.57. The van der Waals surface area contributed by atoms with Gasteiger partial charge in [0.05, 0.1) is 6.61 Å². The summed E-state index contributed by atoms with van der Waals surface area (Å²) < 4.78 is 10.2. The standard InChI is InChI=1S/C14H24N4O3/c1-4-20-14(19)18-8-6-11(9-18)15-7-5-12-16-13(10(2)3)21-17-12/h10-11,15H,4-9H2,1-3H3/t11-/m1/s1. The Hall–Kier alpha value is -1.63. The van der Waals surface area contributed by atoms with Crippen LogP contribution in [0.1, 0.15) is 44.8 Å². The molecular formula is C14H24N4O3. The maximum absolute atomic E-state index is 11.6. The number of ether oxygens (including phenoxy) is 1. The largest absolute Gasteiger partial charge is 0.450 e. The fraction of sp³-hybridized carbons (Fsp3) is 0.786. The summed E-state index contributed by atoms with van der Waals surface area (Å²) in [4.78, 5) is 17.7. The minimum absolute atomic E-state index is 0.221. The van der Waals surface area contributed by atoms with Gasteiger partial charge in [0.15, 0.2) is 5.82 Å². The van der Waals surface area contributed by atoms with Crippen molar-refractivity contribution in [2.75, 3.05) is 26.2 Å². The normalized spacial score (nSPS) is 18.5. The molecule has 118 valence electrons. The highest BCUT2D eigenvalue weighted by Gasteiger charge is 2.26. The van der Waals surface area contributed by atoms with E-state index in [2.05, 4.69) is 15.5 Å². The van der Waals surface area contributed by atoms with E-state index in [4.69, 9.17) is 9.26 Å². The number of nitrogens with zero attached hydrogens (tertiary/aromatic N) is 3. The third-order valence-corrected chi connectivity index (χ3v) is 3.47. The van der Waals surface area contributed by atoms with Crippen molar-refractivity contribution in [2.45, 2.75) is 45.6 Å². The van der Waals surface area contributed by atoms with E-state index in [1.807, 2.05) is 20.8 Å². The number of likely N-dealkylation sites (tertiary alicyclic amines) is 1. The maximum Gasteiger partial charge on any atom is 0.409 e. The molecule has 1 aromatic heterocycles. The van der Waals surface area contributed by atoms with Gasteiger partial charge in [-0.2, -0.15) is 4.98 Å². The molecule has 7 nitrogen and oxygen atoms in total. The second-order valence-electron chi connectivity index (χ2n) is 5.54. The first-order valence-corrected chi connectivity index (χ1v) is 7.57. The van der Waals surface area contributed by atoms with E-state index in [0.29, 0.717) is 25.1 Å². The molecule has 21 heavy (non-hydrogen) atoms. The van der Waals surface area contributed by atoms with Crippen LogP contribution in [0.2, 0.25) is 0 Å². The summed E-state index contributed by atoms with van der Waals surface area (Å²) in [6.07, 6.45) is 1.45. The van der Waals surface area contributed by atoms with Crippen molar-refractivity contribution in [3.05, 3.63) is 11.7 Å². The molecular weight excluding hydrogens is 272 g/mol. The maximum atomic E-state index is 11.6. The van der Waals surface area contributed by atoms with Gasteiger partial charge in [0, 0.05) is 38.0 Å². The molecule has 1 amide bonds. The van der Waals surface area contributed by atoms with Crippen molar-refractivity contribution >= 4 is 6.09 Å². The second kappa shape index (κ2) is 7.40. The van der Waals surface area contributed by atoms with Gasteiger partial charge in [-0.3, -0.25) is 0 Å². The van der Waals surface area contributed by atoms with Gasteiger partial charge < -0.3 is 19.5 Å². The Labute approximate surface area is 125 Å². The Balaban J connectivity index is 1.68. The summed E-state index contributed by atoms with van der Waals surface area (Å²) in [6.45, 7) is 8.51. The minimum atomic E-state index is -0.221. The summed E-state index contributed by atoms with van der Waals surface area (Å²) in [5.74, 6) is 1.66. The molecule has 0 spiro atoms. The Kier molecular flexibility index (Phi) is 5.55. The fourth-order valence-corrected chi connectivity index (χ4v) is 2.30. The second-order valence-corrected chi connectivity index (χ2v) is 5.54. The predicted molar refractivity (Wildman–Crippen MR) is 77.1 cm³/mol. The van der Waals surface area contributed by atoms with Gasteiger partial charge in [-0.1, -0.05) is 19.0 Å². The van der Waals surface area contributed by atoms with Crippen LogP contribution in [0.15, 0.2) is 4.52 Å². The van der Waals surface area contributed by atoms with Crippen LogP contribution in [0.25, 0.3) is 0 Å². The van der Waals surface area contributed by atoms with Crippen molar-refractivity contribution < 1.29 is 14.1 Å². The molecule has 1 aliphatic rings. The highest BCUT2D eigenvalue weighted by atomic mass is 16.6. The molecule has 0 unspecified atom stereocenters. The number of nitrogens with one attached hydrogen (secondary N) is 1. The highest BCUT2D eigenvalue weighted by molar-refractivity contribution is 5.68. The van der Waals surface area contributed by atoms with Gasteiger partial charge >= 0.3 is 6.09 Å². The molecule has 1 aliphatic heterocycles. The third-order valence-electron chi connectivity index (χ3n) is 3.47. The third kappa shape index (κ3) is 4.42. The lowest BCUT2D eigenvalue weighted by molar-refractivity contribution is 0.115. The molecule has 0 bridgehead atoms. The molecule has 0 aliphatic carbocycles. The minimum Gasteiger partial charge on any atom is -0.450 e. The SMILES string of the molecule is CCOC(=O)N1CC[C@@H](NCCc2noc(C(C)C)n2)C1. The summed E-state index contributed by atoms with van der Waals surface area (Å²) in [5.41, 5.74) is 0. The molecule has 1 fully saturated rings. The van der Waals surface area contributed by atoms with Crippen molar-refractivity contribution in [1.82, 2.24) is 20.4 Å².